The van der Waals surface area contributed by atoms with E-state index >= 15 is 0 Å². The third kappa shape index (κ3) is 5.17. The van der Waals surface area contributed by atoms with Gasteiger partial charge in [-0.3, -0.25) is 0 Å². The second-order valence-corrected chi connectivity index (χ2v) is 4.62. The zero-order chi connectivity index (χ0) is 11.6. The number of thioether (sulfide) groups is 1. The molecule has 3 heteroatoms. The van der Waals surface area contributed by atoms with Gasteiger partial charge in [0.1, 0.15) is 5.94 Å². The smallest absolute Gasteiger partial charge is 0.120 e. The highest BCUT2D eigenvalue weighted by molar-refractivity contribution is 7.99. The Balaban J connectivity index is 2.35. The van der Waals surface area contributed by atoms with Crippen LogP contribution in [0, 0.1) is 0 Å². The first kappa shape index (κ1) is 13.0. The number of rotatable bonds is 7. The minimum atomic E-state index is 0.275. The second-order valence-electron chi connectivity index (χ2n) is 3.45. The largest absolute Gasteiger partial charge is 0.396 e. The van der Waals surface area contributed by atoms with Gasteiger partial charge in [0, 0.05) is 24.0 Å². The maximum absolute atomic E-state index is 10.0. The van der Waals surface area contributed by atoms with Gasteiger partial charge in [0.25, 0.3) is 0 Å². The van der Waals surface area contributed by atoms with Crippen LogP contribution in [0.2, 0.25) is 0 Å². The van der Waals surface area contributed by atoms with Crippen molar-refractivity contribution in [2.75, 3.05) is 12.4 Å². The van der Waals surface area contributed by atoms with Gasteiger partial charge in [-0.25, -0.2) is 4.79 Å². The molecule has 0 unspecified atom stereocenters. The molecule has 0 spiro atoms. The van der Waals surface area contributed by atoms with Crippen LogP contribution in [-0.2, 0) is 11.2 Å². The van der Waals surface area contributed by atoms with Crippen LogP contribution in [0.25, 0.3) is 0 Å². The van der Waals surface area contributed by atoms with Crippen LogP contribution >= 0.6 is 11.8 Å². The van der Waals surface area contributed by atoms with E-state index in [1.54, 1.807) is 17.7 Å². The van der Waals surface area contributed by atoms with Gasteiger partial charge in [-0.2, -0.15) is 0 Å². The van der Waals surface area contributed by atoms with Gasteiger partial charge in [0.2, 0.25) is 0 Å². The molecule has 2 nitrogen and oxygen atoms in total. The summed E-state index contributed by atoms with van der Waals surface area (Å²) >= 11 is 1.79. The first-order chi connectivity index (χ1) is 7.86. The highest BCUT2D eigenvalue weighted by Gasteiger charge is 1.95. The van der Waals surface area contributed by atoms with Gasteiger partial charge in [-0.15, -0.1) is 11.8 Å². The van der Waals surface area contributed by atoms with Gasteiger partial charge < -0.3 is 5.11 Å². The Morgan fingerprint density at radius 2 is 2.00 bits per heavy atom. The highest BCUT2D eigenvalue weighted by atomic mass is 32.2. The summed E-state index contributed by atoms with van der Waals surface area (Å²) < 4.78 is 0. The number of aliphatic hydroxyl groups is 1. The number of unbranched alkanes of at least 4 members (excludes halogenated alkanes) is 1. The van der Waals surface area contributed by atoms with Crippen LogP contribution < -0.4 is 0 Å². The number of hydrogen-bond donors (Lipinski definition) is 1. The molecule has 0 bridgehead atoms. The predicted octanol–water partition coefficient (Wildman–Crippen LogP) is 2.48. The average Bonchev–Trinajstić information content (AvgIpc) is 2.33. The summed E-state index contributed by atoms with van der Waals surface area (Å²) in [6.07, 6.45) is 4.05. The summed E-state index contributed by atoms with van der Waals surface area (Å²) in [5.41, 5.74) is 1.13. The first-order valence-corrected chi connectivity index (χ1v) is 6.37. The van der Waals surface area contributed by atoms with E-state index < -0.39 is 0 Å². The Kier molecular flexibility index (Phi) is 6.66. The second kappa shape index (κ2) is 8.17. The van der Waals surface area contributed by atoms with E-state index in [-0.39, 0.29) is 6.61 Å². The van der Waals surface area contributed by atoms with Crippen molar-refractivity contribution >= 4 is 17.7 Å². The molecule has 1 aromatic carbocycles. The lowest BCUT2D eigenvalue weighted by molar-refractivity contribution is 0.287. The Morgan fingerprint density at radius 3 is 2.62 bits per heavy atom. The molecule has 0 radical (unpaired) electrons. The van der Waals surface area contributed by atoms with Crippen molar-refractivity contribution in [2.45, 2.75) is 24.2 Å². The molecule has 0 aromatic heterocycles. The molecule has 1 rings (SSSR count). The summed E-state index contributed by atoms with van der Waals surface area (Å²) in [6, 6.07) is 8.19. The Hall–Kier alpha value is -1.02. The SMILES string of the molecule is O=C=CCc1ccc(SCCCCO)cc1. The molecule has 1 aromatic rings. The molecule has 0 aliphatic carbocycles. The number of allylic oxidation sites excluding steroid dienone is 1. The maximum Gasteiger partial charge on any atom is 0.120 e. The molecule has 0 aliphatic heterocycles. The quantitative estimate of drug-likeness (QED) is 0.449. The minimum Gasteiger partial charge on any atom is -0.396 e. The average molecular weight is 236 g/mol. The van der Waals surface area contributed by atoms with E-state index in [1.165, 1.54) is 11.0 Å². The van der Waals surface area contributed by atoms with Crippen LogP contribution in [-0.4, -0.2) is 23.4 Å². The molecule has 0 saturated carbocycles. The third-order valence-electron chi connectivity index (χ3n) is 2.17. The van der Waals surface area contributed by atoms with E-state index in [2.05, 4.69) is 12.1 Å². The molecule has 0 heterocycles. The fourth-order valence-corrected chi connectivity index (χ4v) is 2.20. The normalized spacial score (nSPS) is 9.81. The Bertz CT molecular complexity index is 339. The van der Waals surface area contributed by atoms with Crippen LogP contribution in [0.1, 0.15) is 18.4 Å². The summed E-state index contributed by atoms with van der Waals surface area (Å²) in [7, 11) is 0. The molecule has 0 amide bonds. The number of benzene rings is 1. The van der Waals surface area contributed by atoms with Gasteiger partial charge in [-0.05, 0) is 36.3 Å². The van der Waals surface area contributed by atoms with Crippen molar-refractivity contribution in [2.24, 2.45) is 0 Å². The van der Waals surface area contributed by atoms with Crippen LogP contribution in [0.5, 0.6) is 0 Å². The van der Waals surface area contributed by atoms with Crippen molar-refractivity contribution in [1.82, 2.24) is 0 Å². The van der Waals surface area contributed by atoms with E-state index in [9.17, 15) is 4.79 Å². The fourth-order valence-electron chi connectivity index (χ4n) is 1.29. The molecule has 16 heavy (non-hydrogen) atoms. The molecule has 0 aliphatic rings. The van der Waals surface area contributed by atoms with E-state index in [1.807, 2.05) is 12.1 Å². The lowest BCUT2D eigenvalue weighted by atomic mass is 10.1. The van der Waals surface area contributed by atoms with Crippen molar-refractivity contribution < 1.29 is 9.90 Å². The predicted molar refractivity (Wildman–Crippen MR) is 67.5 cm³/mol. The van der Waals surface area contributed by atoms with Crippen molar-refractivity contribution in [3.63, 3.8) is 0 Å². The van der Waals surface area contributed by atoms with Crippen molar-refractivity contribution in [3.8, 4) is 0 Å². The maximum atomic E-state index is 10.0. The number of hydrogen-bond acceptors (Lipinski definition) is 3. The van der Waals surface area contributed by atoms with E-state index in [0.717, 1.165) is 24.2 Å². The van der Waals surface area contributed by atoms with Gasteiger partial charge in [-0.1, -0.05) is 12.1 Å². The Morgan fingerprint density at radius 1 is 1.25 bits per heavy atom. The zero-order valence-corrected chi connectivity index (χ0v) is 10.0. The van der Waals surface area contributed by atoms with Crippen LogP contribution in [0.4, 0.5) is 0 Å². The highest BCUT2D eigenvalue weighted by Crippen LogP contribution is 2.19. The minimum absolute atomic E-state index is 0.275. The van der Waals surface area contributed by atoms with Gasteiger partial charge in [0.05, 0.1) is 0 Å². The zero-order valence-electron chi connectivity index (χ0n) is 9.19. The molecule has 0 atom stereocenters. The number of carbonyl (C=O) groups excluding carboxylic acids is 1. The van der Waals surface area contributed by atoms with Gasteiger partial charge in [0.15, 0.2) is 0 Å². The Labute approximate surface area is 100 Å². The van der Waals surface area contributed by atoms with Gasteiger partial charge >= 0.3 is 0 Å². The first-order valence-electron chi connectivity index (χ1n) is 5.38. The molecule has 86 valence electrons. The summed E-state index contributed by atoms with van der Waals surface area (Å²) in [4.78, 5) is 11.3. The standard InChI is InChI=1S/C13H16O2S/c14-9-1-2-11-16-13-7-5-12(6-8-13)4-3-10-15/h3,5-8,14H,1-2,4,9,11H2. The van der Waals surface area contributed by atoms with E-state index in [4.69, 9.17) is 5.11 Å². The summed E-state index contributed by atoms with van der Waals surface area (Å²) in [5.74, 6) is 2.81. The fraction of sp³-hybridized carbons (Fsp3) is 0.385. The van der Waals surface area contributed by atoms with Crippen LogP contribution in [0.15, 0.2) is 35.2 Å². The topological polar surface area (TPSA) is 37.3 Å². The van der Waals surface area contributed by atoms with Crippen LogP contribution in [0.3, 0.4) is 0 Å². The lowest BCUT2D eigenvalue weighted by Gasteiger charge is -2.02. The monoisotopic (exact) mass is 236 g/mol. The summed E-state index contributed by atoms with van der Waals surface area (Å²) in [6.45, 7) is 0.275. The molecular weight excluding hydrogens is 220 g/mol. The number of aliphatic hydroxyl groups excluding tert-OH is 1. The molecule has 1 N–H and O–H groups in total. The molecular formula is C13H16O2S. The summed E-state index contributed by atoms with van der Waals surface area (Å²) in [5, 5.41) is 8.64. The van der Waals surface area contributed by atoms with Crippen molar-refractivity contribution in [1.29, 1.82) is 0 Å². The molecule has 0 saturated heterocycles. The molecule has 0 fully saturated rings. The third-order valence-corrected chi connectivity index (χ3v) is 3.26. The van der Waals surface area contributed by atoms with E-state index in [0.29, 0.717) is 6.42 Å². The lowest BCUT2D eigenvalue weighted by Crippen LogP contribution is -1.86. The van der Waals surface area contributed by atoms with Crippen molar-refractivity contribution in [3.05, 3.63) is 35.9 Å².